The van der Waals surface area contributed by atoms with Crippen molar-refractivity contribution in [2.45, 2.75) is 13.2 Å². The monoisotopic (exact) mass is 341 g/mol. The van der Waals surface area contributed by atoms with Crippen LogP contribution in [-0.2, 0) is 18.0 Å². The number of aromatic nitrogens is 2. The van der Waals surface area contributed by atoms with Crippen LogP contribution in [0.3, 0.4) is 0 Å². The molecule has 1 aromatic heterocycles. The maximum absolute atomic E-state index is 5.75. The van der Waals surface area contributed by atoms with Crippen LogP contribution in [-0.4, -0.2) is 15.3 Å². The fourth-order valence-corrected chi connectivity index (χ4v) is 2.95. The third-order valence-corrected chi connectivity index (χ3v) is 4.27. The molecule has 0 fully saturated rings. The number of hydrogen-bond donors (Lipinski definition) is 0. The minimum atomic E-state index is 0.432. The van der Waals surface area contributed by atoms with Gasteiger partial charge in [-0.15, -0.1) is 0 Å². The predicted octanol–water partition coefficient (Wildman–Crippen LogP) is 4.66. The molecule has 4 nitrogen and oxygen atoms in total. The van der Waals surface area contributed by atoms with Crippen LogP contribution < -0.4 is 0 Å². The molecule has 4 rings (SSSR count). The topological polar surface area (TPSA) is 39.4 Å². The molecular formula is C22H19N3O. The Labute approximate surface area is 152 Å². The van der Waals surface area contributed by atoms with Gasteiger partial charge in [0, 0.05) is 18.0 Å². The van der Waals surface area contributed by atoms with Gasteiger partial charge in [0.2, 0.25) is 0 Å². The summed E-state index contributed by atoms with van der Waals surface area (Å²) < 4.78 is 1.98. The fraction of sp³-hybridized carbons (Fsp3) is 0.0909. The van der Waals surface area contributed by atoms with Crippen molar-refractivity contribution in [3.8, 4) is 0 Å². The lowest BCUT2D eigenvalue weighted by Gasteiger charge is -2.09. The van der Waals surface area contributed by atoms with Crippen molar-refractivity contribution in [1.29, 1.82) is 0 Å². The van der Waals surface area contributed by atoms with E-state index >= 15 is 0 Å². The third-order valence-electron chi connectivity index (χ3n) is 4.27. The summed E-state index contributed by atoms with van der Waals surface area (Å²) in [6.07, 6.45) is 5.46. The van der Waals surface area contributed by atoms with Crippen molar-refractivity contribution in [3.63, 3.8) is 0 Å². The summed E-state index contributed by atoms with van der Waals surface area (Å²) in [7, 11) is 0. The first-order valence-electron chi connectivity index (χ1n) is 8.57. The molecule has 0 N–H and O–H groups in total. The molecule has 4 heteroatoms. The largest absolute Gasteiger partial charge is 0.391 e. The SMILES string of the molecule is c1ccc(/C(Cn2ccnc2)=N/OCc2cccc3ccccc23)cc1. The maximum atomic E-state index is 5.75. The van der Waals surface area contributed by atoms with Gasteiger partial charge >= 0.3 is 0 Å². The van der Waals surface area contributed by atoms with Crippen LogP contribution in [0.1, 0.15) is 11.1 Å². The highest BCUT2D eigenvalue weighted by Gasteiger charge is 2.06. The number of oxime groups is 1. The van der Waals surface area contributed by atoms with E-state index in [1.807, 2.05) is 59.3 Å². The van der Waals surface area contributed by atoms with Gasteiger partial charge in [-0.1, -0.05) is 78.0 Å². The number of rotatable bonds is 6. The number of nitrogens with zero attached hydrogens (tertiary/aromatic N) is 3. The first-order valence-corrected chi connectivity index (χ1v) is 8.57. The summed E-state index contributed by atoms with van der Waals surface area (Å²) in [5.41, 5.74) is 3.03. The first-order chi connectivity index (χ1) is 12.9. The van der Waals surface area contributed by atoms with Gasteiger partial charge in [0.15, 0.2) is 0 Å². The van der Waals surface area contributed by atoms with Crippen LogP contribution in [0.5, 0.6) is 0 Å². The molecule has 26 heavy (non-hydrogen) atoms. The minimum Gasteiger partial charge on any atom is -0.391 e. The van der Waals surface area contributed by atoms with Crippen LogP contribution in [0.15, 0.2) is 96.7 Å². The molecule has 0 amide bonds. The Hall–Kier alpha value is -3.40. The smallest absolute Gasteiger partial charge is 0.142 e. The average Bonchev–Trinajstić information content (AvgIpc) is 3.21. The van der Waals surface area contributed by atoms with Gasteiger partial charge in [-0.2, -0.15) is 0 Å². The van der Waals surface area contributed by atoms with Gasteiger partial charge < -0.3 is 9.40 Å². The third kappa shape index (κ3) is 3.64. The number of benzene rings is 3. The molecule has 128 valence electrons. The lowest BCUT2D eigenvalue weighted by molar-refractivity contribution is 0.131. The summed E-state index contributed by atoms with van der Waals surface area (Å²) in [6, 6.07) is 24.6. The second-order valence-electron chi connectivity index (χ2n) is 6.05. The fourth-order valence-electron chi connectivity index (χ4n) is 2.95. The first kappa shape index (κ1) is 16.1. The molecule has 0 unspecified atom stereocenters. The van der Waals surface area contributed by atoms with Crippen molar-refractivity contribution in [3.05, 3.63) is 103 Å². The molecule has 0 radical (unpaired) electrons. The van der Waals surface area contributed by atoms with Crippen molar-refractivity contribution in [2.75, 3.05) is 0 Å². The highest BCUT2D eigenvalue weighted by Crippen LogP contribution is 2.19. The summed E-state index contributed by atoms with van der Waals surface area (Å²) in [4.78, 5) is 9.85. The van der Waals surface area contributed by atoms with E-state index in [0.29, 0.717) is 13.2 Å². The molecule has 0 saturated heterocycles. The van der Waals surface area contributed by atoms with Crippen LogP contribution in [0.4, 0.5) is 0 Å². The molecule has 3 aromatic carbocycles. The molecule has 0 bridgehead atoms. The zero-order chi connectivity index (χ0) is 17.6. The van der Waals surface area contributed by atoms with Crippen molar-refractivity contribution < 1.29 is 4.84 Å². The summed E-state index contributed by atoms with van der Waals surface area (Å²) >= 11 is 0. The van der Waals surface area contributed by atoms with Gasteiger partial charge in [-0.3, -0.25) is 0 Å². The maximum Gasteiger partial charge on any atom is 0.142 e. The van der Waals surface area contributed by atoms with Crippen LogP contribution in [0.25, 0.3) is 10.8 Å². The Bertz CT molecular complexity index is 1000. The van der Waals surface area contributed by atoms with E-state index in [2.05, 4.69) is 34.4 Å². The van der Waals surface area contributed by atoms with E-state index in [4.69, 9.17) is 4.84 Å². The zero-order valence-electron chi connectivity index (χ0n) is 14.3. The number of imidazole rings is 1. The van der Waals surface area contributed by atoms with E-state index in [1.165, 1.54) is 10.8 Å². The number of hydrogen-bond acceptors (Lipinski definition) is 3. The molecule has 0 aliphatic rings. The lowest BCUT2D eigenvalue weighted by atomic mass is 10.1. The Morgan fingerprint density at radius 1 is 0.923 bits per heavy atom. The molecule has 0 aliphatic heterocycles. The molecule has 0 aliphatic carbocycles. The average molecular weight is 341 g/mol. The standard InChI is InChI=1S/C22H19N3O/c1-2-8-19(9-3-1)22(15-25-14-13-23-17-25)24-26-16-20-11-6-10-18-7-4-5-12-21(18)20/h1-14,17H,15-16H2/b24-22+. The van der Waals surface area contributed by atoms with E-state index in [9.17, 15) is 0 Å². The Morgan fingerprint density at radius 2 is 1.73 bits per heavy atom. The molecule has 0 saturated carbocycles. The quantitative estimate of drug-likeness (QED) is 0.378. The second-order valence-corrected chi connectivity index (χ2v) is 6.05. The number of fused-ring (bicyclic) bond motifs is 1. The normalized spacial score (nSPS) is 11.6. The molecule has 0 atom stereocenters. The van der Waals surface area contributed by atoms with Gasteiger partial charge in [-0.05, 0) is 16.3 Å². The van der Waals surface area contributed by atoms with Gasteiger partial charge in [0.1, 0.15) is 12.3 Å². The lowest BCUT2D eigenvalue weighted by Crippen LogP contribution is -2.11. The molecule has 1 heterocycles. The summed E-state index contributed by atoms with van der Waals surface area (Å²) in [6.45, 7) is 1.04. The van der Waals surface area contributed by atoms with Crippen LogP contribution >= 0.6 is 0 Å². The van der Waals surface area contributed by atoms with E-state index in [-0.39, 0.29) is 0 Å². The second kappa shape index (κ2) is 7.66. The van der Waals surface area contributed by atoms with E-state index in [0.717, 1.165) is 16.8 Å². The van der Waals surface area contributed by atoms with Gasteiger partial charge in [-0.25, -0.2) is 4.98 Å². The van der Waals surface area contributed by atoms with E-state index < -0.39 is 0 Å². The highest BCUT2D eigenvalue weighted by molar-refractivity contribution is 6.00. The minimum absolute atomic E-state index is 0.432. The predicted molar refractivity (Wildman–Crippen MR) is 104 cm³/mol. The highest BCUT2D eigenvalue weighted by atomic mass is 16.6. The van der Waals surface area contributed by atoms with Gasteiger partial charge in [0.25, 0.3) is 0 Å². The summed E-state index contributed by atoms with van der Waals surface area (Å²) in [5.74, 6) is 0. The Morgan fingerprint density at radius 3 is 2.58 bits per heavy atom. The molecule has 4 aromatic rings. The Kier molecular flexibility index (Phi) is 4.74. The van der Waals surface area contributed by atoms with E-state index in [1.54, 1.807) is 12.5 Å². The molecule has 0 spiro atoms. The van der Waals surface area contributed by atoms with Crippen molar-refractivity contribution in [2.24, 2.45) is 5.16 Å². The van der Waals surface area contributed by atoms with Crippen molar-refractivity contribution >= 4 is 16.5 Å². The summed E-state index contributed by atoms with van der Waals surface area (Å²) in [5, 5.41) is 6.84. The molecular weight excluding hydrogens is 322 g/mol. The van der Waals surface area contributed by atoms with Gasteiger partial charge in [0.05, 0.1) is 12.9 Å². The van der Waals surface area contributed by atoms with Crippen LogP contribution in [0.2, 0.25) is 0 Å². The van der Waals surface area contributed by atoms with Crippen molar-refractivity contribution in [1.82, 2.24) is 9.55 Å². The van der Waals surface area contributed by atoms with Crippen LogP contribution in [0, 0.1) is 0 Å². The Balaban J connectivity index is 1.57. The zero-order valence-corrected chi connectivity index (χ0v) is 14.3.